The number of aliphatic hydroxyl groups excluding tert-OH is 3. The Labute approximate surface area is 320 Å². The van der Waals surface area contributed by atoms with Gasteiger partial charge in [0.2, 0.25) is 11.8 Å². The minimum atomic E-state index is -1.26. The Morgan fingerprint density at radius 1 is 1.04 bits per heavy atom. The summed E-state index contributed by atoms with van der Waals surface area (Å²) in [5, 5.41) is 34.0. The number of amides is 2. The van der Waals surface area contributed by atoms with Gasteiger partial charge in [-0.25, -0.2) is 0 Å². The molecule has 2 aromatic carbocycles. The van der Waals surface area contributed by atoms with Crippen molar-refractivity contribution in [2.75, 3.05) is 47.6 Å². The SMILES string of the molecule is COc1ccc(OC)c(CCN(C(=O)COC2CC(C)CCC2C(C)C)C2CC(C(=O)NCCO)=CC(Oc3c(I)cc(CO)cc3OC)C2O)c1. The molecule has 52 heavy (non-hydrogen) atoms. The van der Waals surface area contributed by atoms with Crippen molar-refractivity contribution in [2.45, 2.75) is 83.8 Å². The van der Waals surface area contributed by atoms with Crippen molar-refractivity contribution in [1.82, 2.24) is 10.2 Å². The van der Waals surface area contributed by atoms with Crippen LogP contribution < -0.4 is 24.3 Å². The quantitative estimate of drug-likeness (QED) is 0.170. The number of carbonyl (C=O) groups is 2. The van der Waals surface area contributed by atoms with Gasteiger partial charge in [-0.05, 0) is 107 Å². The third-order valence-electron chi connectivity index (χ3n) is 10.2. The van der Waals surface area contributed by atoms with Crippen LogP contribution >= 0.6 is 22.6 Å². The van der Waals surface area contributed by atoms with E-state index in [1.54, 1.807) is 43.4 Å². The third kappa shape index (κ3) is 10.5. The first-order chi connectivity index (χ1) is 24.9. The molecule has 2 amide bonds. The molecule has 2 aliphatic rings. The first kappa shape index (κ1) is 41.6. The summed E-state index contributed by atoms with van der Waals surface area (Å²) < 4.78 is 30.2. The number of nitrogens with one attached hydrogen (secondary N) is 1. The Morgan fingerprint density at radius 3 is 2.44 bits per heavy atom. The van der Waals surface area contributed by atoms with Gasteiger partial charge in [0, 0.05) is 25.1 Å². The van der Waals surface area contributed by atoms with Gasteiger partial charge in [-0.1, -0.05) is 27.2 Å². The summed E-state index contributed by atoms with van der Waals surface area (Å²) in [5.41, 5.74) is 1.72. The Kier molecular flexibility index (Phi) is 15.9. The predicted octanol–water partition coefficient (Wildman–Crippen LogP) is 4.27. The zero-order valence-electron chi connectivity index (χ0n) is 31.1. The number of carbonyl (C=O) groups excluding carboxylic acids is 2. The van der Waals surface area contributed by atoms with Gasteiger partial charge < -0.3 is 49.2 Å². The summed E-state index contributed by atoms with van der Waals surface area (Å²) >= 11 is 2.07. The average Bonchev–Trinajstić information content (AvgIpc) is 3.14. The van der Waals surface area contributed by atoms with Crippen LogP contribution in [0.5, 0.6) is 23.0 Å². The minimum Gasteiger partial charge on any atom is -0.497 e. The molecule has 2 aliphatic carbocycles. The molecule has 12 nitrogen and oxygen atoms in total. The molecule has 1 saturated carbocycles. The Hall–Kier alpha value is -3.11. The van der Waals surface area contributed by atoms with Crippen LogP contribution in [0, 0.1) is 21.3 Å². The summed E-state index contributed by atoms with van der Waals surface area (Å²) in [4.78, 5) is 29.4. The fraction of sp³-hybridized carbons (Fsp3) is 0.590. The minimum absolute atomic E-state index is 0.0338. The molecule has 4 N–H and O–H groups in total. The molecule has 0 spiro atoms. The van der Waals surface area contributed by atoms with E-state index in [4.69, 9.17) is 23.7 Å². The van der Waals surface area contributed by atoms with Gasteiger partial charge >= 0.3 is 0 Å². The van der Waals surface area contributed by atoms with E-state index in [0.29, 0.717) is 61.9 Å². The van der Waals surface area contributed by atoms with E-state index in [2.05, 4.69) is 48.7 Å². The number of aliphatic hydroxyl groups is 3. The second kappa shape index (κ2) is 19.8. The van der Waals surface area contributed by atoms with Crippen LogP contribution in [-0.4, -0.2) is 104 Å². The van der Waals surface area contributed by atoms with E-state index in [9.17, 15) is 24.9 Å². The number of ether oxygens (including phenoxy) is 5. The number of hydrogen-bond donors (Lipinski definition) is 4. The predicted molar refractivity (Wildman–Crippen MR) is 205 cm³/mol. The summed E-state index contributed by atoms with van der Waals surface area (Å²) in [5.74, 6) is 2.39. The third-order valence-corrected chi connectivity index (χ3v) is 11.0. The molecule has 0 aromatic heterocycles. The topological polar surface area (TPSA) is 156 Å². The Bertz CT molecular complexity index is 1530. The van der Waals surface area contributed by atoms with Crippen molar-refractivity contribution in [3.05, 3.63) is 56.7 Å². The van der Waals surface area contributed by atoms with Crippen molar-refractivity contribution >= 4 is 34.4 Å². The molecular weight excluding hydrogens is 783 g/mol. The van der Waals surface area contributed by atoms with Crippen LogP contribution in [0.2, 0.25) is 0 Å². The van der Waals surface area contributed by atoms with Crippen LogP contribution in [0.4, 0.5) is 0 Å². The van der Waals surface area contributed by atoms with Crippen molar-refractivity contribution in [3.63, 3.8) is 0 Å². The molecule has 6 unspecified atom stereocenters. The van der Waals surface area contributed by atoms with Crippen molar-refractivity contribution in [2.24, 2.45) is 17.8 Å². The maximum atomic E-state index is 14.4. The standard InChI is InChI=1S/C39H55IN2O10/c1-23(2)29-9-7-24(3)15-33(29)51-22-36(45)42(13-11-26-18-28(48-4)8-10-32(26)49-5)31-19-27(39(47)41-12-14-43)20-34(37(31)46)52-38-30(40)16-25(21-44)17-35(38)50-6/h8,10,16-18,20,23-24,29,31,33-34,37,43-44,46H,7,9,11-15,19,21-22H2,1-6H3,(H,41,47). The molecule has 0 bridgehead atoms. The van der Waals surface area contributed by atoms with Crippen LogP contribution in [0.25, 0.3) is 0 Å². The van der Waals surface area contributed by atoms with Crippen LogP contribution in [0.3, 0.4) is 0 Å². The molecular formula is C39H55IN2O10. The summed E-state index contributed by atoms with van der Waals surface area (Å²) in [6.45, 7) is 6.16. The molecule has 2 aromatic rings. The van der Waals surface area contributed by atoms with E-state index in [-0.39, 0.29) is 51.3 Å². The van der Waals surface area contributed by atoms with Crippen LogP contribution in [0.1, 0.15) is 57.6 Å². The Balaban J connectivity index is 1.71. The van der Waals surface area contributed by atoms with Crippen LogP contribution in [-0.2, 0) is 27.4 Å². The van der Waals surface area contributed by atoms with Gasteiger partial charge in [0.05, 0.1) is 50.3 Å². The van der Waals surface area contributed by atoms with Gasteiger partial charge in [-0.2, -0.15) is 0 Å². The fourth-order valence-electron chi connectivity index (χ4n) is 7.26. The van der Waals surface area contributed by atoms with Gasteiger partial charge in [0.25, 0.3) is 0 Å². The normalized spacial score (nSPS) is 23.1. The summed E-state index contributed by atoms with van der Waals surface area (Å²) in [7, 11) is 4.64. The monoisotopic (exact) mass is 838 g/mol. The molecule has 0 radical (unpaired) electrons. The highest BCUT2D eigenvalue weighted by Crippen LogP contribution is 2.38. The highest BCUT2D eigenvalue weighted by Gasteiger charge is 2.41. The van der Waals surface area contributed by atoms with Gasteiger partial charge in [0.15, 0.2) is 11.5 Å². The second-order valence-corrected chi connectivity index (χ2v) is 15.1. The highest BCUT2D eigenvalue weighted by atomic mass is 127. The lowest BCUT2D eigenvalue weighted by Crippen LogP contribution is -2.56. The molecule has 0 aliphatic heterocycles. The zero-order chi connectivity index (χ0) is 37.9. The smallest absolute Gasteiger partial charge is 0.248 e. The first-order valence-corrected chi connectivity index (χ1v) is 19.1. The van der Waals surface area contributed by atoms with Crippen LogP contribution in [0.15, 0.2) is 42.0 Å². The van der Waals surface area contributed by atoms with Crippen molar-refractivity contribution < 1.29 is 48.6 Å². The number of halogens is 1. The molecule has 4 rings (SSSR count). The molecule has 13 heteroatoms. The number of rotatable bonds is 17. The lowest BCUT2D eigenvalue weighted by atomic mass is 9.75. The Morgan fingerprint density at radius 2 is 1.79 bits per heavy atom. The number of nitrogens with zero attached hydrogens (tertiary/aromatic N) is 1. The summed E-state index contributed by atoms with van der Waals surface area (Å²) in [6, 6.07) is 7.97. The highest BCUT2D eigenvalue weighted by molar-refractivity contribution is 14.1. The van der Waals surface area contributed by atoms with E-state index >= 15 is 0 Å². The van der Waals surface area contributed by atoms with Gasteiger partial charge in [-0.15, -0.1) is 0 Å². The number of hydrogen-bond acceptors (Lipinski definition) is 10. The van der Waals surface area contributed by atoms with E-state index < -0.39 is 24.2 Å². The summed E-state index contributed by atoms with van der Waals surface area (Å²) in [6.07, 6.45) is 2.58. The van der Waals surface area contributed by atoms with E-state index in [1.165, 1.54) is 7.11 Å². The molecule has 0 saturated heterocycles. The maximum Gasteiger partial charge on any atom is 0.248 e. The number of methoxy groups -OCH3 is 3. The van der Waals surface area contributed by atoms with Crippen molar-refractivity contribution in [1.29, 1.82) is 0 Å². The lowest BCUT2D eigenvalue weighted by molar-refractivity contribution is -0.148. The zero-order valence-corrected chi connectivity index (χ0v) is 33.3. The van der Waals surface area contributed by atoms with Gasteiger partial charge in [0.1, 0.15) is 30.3 Å². The molecule has 288 valence electrons. The maximum absolute atomic E-state index is 14.4. The van der Waals surface area contributed by atoms with Crippen molar-refractivity contribution in [3.8, 4) is 23.0 Å². The van der Waals surface area contributed by atoms with E-state index in [0.717, 1.165) is 24.8 Å². The first-order valence-electron chi connectivity index (χ1n) is 18.0. The molecule has 1 fully saturated rings. The molecule has 6 atom stereocenters. The fourth-order valence-corrected chi connectivity index (χ4v) is 8.05. The van der Waals surface area contributed by atoms with E-state index in [1.807, 2.05) is 12.1 Å². The van der Waals surface area contributed by atoms with Gasteiger partial charge in [-0.3, -0.25) is 9.59 Å². The largest absolute Gasteiger partial charge is 0.497 e. The average molecular weight is 839 g/mol. The lowest BCUT2D eigenvalue weighted by Gasteiger charge is -2.41. The second-order valence-electron chi connectivity index (χ2n) is 14.0. The molecule has 0 heterocycles. The number of benzene rings is 2.